The lowest BCUT2D eigenvalue weighted by atomic mass is 10.2. The molecule has 1 saturated carbocycles. The topological polar surface area (TPSA) is 65.1 Å². The second kappa shape index (κ2) is 8.48. The molecule has 1 aliphatic carbocycles. The molecule has 1 aliphatic rings. The highest BCUT2D eigenvalue weighted by Gasteiger charge is 2.25. The van der Waals surface area contributed by atoms with Gasteiger partial charge in [-0.05, 0) is 43.5 Å². The van der Waals surface area contributed by atoms with Crippen LogP contribution in [0.25, 0.3) is 17.0 Å². The molecule has 0 spiro atoms. The van der Waals surface area contributed by atoms with Crippen LogP contribution in [0.15, 0.2) is 58.6 Å². The van der Waals surface area contributed by atoms with Crippen molar-refractivity contribution in [2.75, 3.05) is 0 Å². The molecular formula is C23H22ClN5OS. The van der Waals surface area contributed by atoms with Gasteiger partial charge in [0.05, 0.1) is 10.7 Å². The molecule has 0 saturated heterocycles. The molecule has 0 atom stereocenters. The Morgan fingerprint density at radius 3 is 2.74 bits per heavy atom. The molecule has 31 heavy (non-hydrogen) atoms. The molecule has 158 valence electrons. The van der Waals surface area contributed by atoms with Crippen LogP contribution in [0.4, 0.5) is 0 Å². The van der Waals surface area contributed by atoms with Crippen molar-refractivity contribution in [1.29, 1.82) is 0 Å². The Labute approximate surface area is 189 Å². The van der Waals surface area contributed by atoms with Crippen LogP contribution in [0.1, 0.15) is 43.0 Å². The van der Waals surface area contributed by atoms with E-state index in [0.717, 1.165) is 40.6 Å². The lowest BCUT2D eigenvalue weighted by Crippen LogP contribution is -2.15. The molecule has 0 radical (unpaired) electrons. The van der Waals surface area contributed by atoms with Gasteiger partial charge in [-0.3, -0.25) is 13.8 Å². The lowest BCUT2D eigenvalue weighted by molar-refractivity contribution is 0.485. The van der Waals surface area contributed by atoms with Crippen LogP contribution >= 0.6 is 23.4 Å². The molecule has 3 aromatic heterocycles. The van der Waals surface area contributed by atoms with E-state index in [1.165, 1.54) is 12.8 Å². The number of hydrogen-bond acceptors (Lipinski definition) is 5. The average molecular weight is 452 g/mol. The smallest absolute Gasteiger partial charge is 0.258 e. The summed E-state index contributed by atoms with van der Waals surface area (Å²) in [5.41, 5.74) is 3.24. The minimum Gasteiger partial charge on any atom is -0.299 e. The van der Waals surface area contributed by atoms with E-state index >= 15 is 0 Å². The highest BCUT2D eigenvalue weighted by Crippen LogP contribution is 2.38. The van der Waals surface area contributed by atoms with E-state index in [4.69, 9.17) is 11.6 Å². The first kappa shape index (κ1) is 20.3. The maximum absolute atomic E-state index is 12.5. The molecule has 0 bridgehead atoms. The number of rotatable bonds is 5. The molecule has 6 nitrogen and oxygen atoms in total. The molecule has 0 aliphatic heterocycles. The number of benzene rings is 1. The van der Waals surface area contributed by atoms with Crippen LogP contribution in [0, 0.1) is 6.92 Å². The number of pyridine rings is 1. The van der Waals surface area contributed by atoms with Crippen LogP contribution in [0.2, 0.25) is 5.02 Å². The first-order chi connectivity index (χ1) is 15.1. The molecule has 0 unspecified atom stereocenters. The number of fused-ring (bicyclic) bond motifs is 1. The largest absolute Gasteiger partial charge is 0.299 e. The number of thioether (sulfide) groups is 1. The Hall–Kier alpha value is -2.64. The summed E-state index contributed by atoms with van der Waals surface area (Å²) in [6.07, 6.45) is 6.44. The zero-order chi connectivity index (χ0) is 21.4. The van der Waals surface area contributed by atoms with Crippen LogP contribution in [-0.4, -0.2) is 24.1 Å². The molecule has 8 heteroatoms. The van der Waals surface area contributed by atoms with E-state index in [2.05, 4.69) is 19.7 Å². The predicted molar refractivity (Wildman–Crippen MR) is 124 cm³/mol. The quantitative estimate of drug-likeness (QED) is 0.384. The second-order valence-corrected chi connectivity index (χ2v) is 9.25. The van der Waals surface area contributed by atoms with Gasteiger partial charge < -0.3 is 0 Å². The Kier molecular flexibility index (Phi) is 5.54. The fourth-order valence-corrected chi connectivity index (χ4v) is 5.28. The maximum atomic E-state index is 12.5. The summed E-state index contributed by atoms with van der Waals surface area (Å²) >= 11 is 8.03. The van der Waals surface area contributed by atoms with Crippen molar-refractivity contribution in [2.24, 2.45) is 0 Å². The third kappa shape index (κ3) is 4.00. The van der Waals surface area contributed by atoms with Gasteiger partial charge in [0.15, 0.2) is 11.0 Å². The van der Waals surface area contributed by atoms with E-state index in [1.54, 1.807) is 22.2 Å². The Bertz CT molecular complexity index is 1310. The highest BCUT2D eigenvalue weighted by molar-refractivity contribution is 7.98. The van der Waals surface area contributed by atoms with Gasteiger partial charge in [0.25, 0.3) is 5.56 Å². The highest BCUT2D eigenvalue weighted by atomic mass is 35.5. The zero-order valence-corrected chi connectivity index (χ0v) is 18.7. The van der Waals surface area contributed by atoms with Gasteiger partial charge in [-0.25, -0.2) is 4.98 Å². The van der Waals surface area contributed by atoms with Crippen LogP contribution < -0.4 is 5.56 Å². The van der Waals surface area contributed by atoms with E-state index in [1.807, 2.05) is 49.5 Å². The van der Waals surface area contributed by atoms with E-state index in [-0.39, 0.29) is 5.56 Å². The Morgan fingerprint density at radius 1 is 1.13 bits per heavy atom. The first-order valence-electron chi connectivity index (χ1n) is 10.4. The van der Waals surface area contributed by atoms with E-state index in [0.29, 0.717) is 22.5 Å². The molecule has 3 heterocycles. The van der Waals surface area contributed by atoms with Crippen molar-refractivity contribution >= 4 is 29.0 Å². The summed E-state index contributed by atoms with van der Waals surface area (Å²) in [5, 5.41) is 10.5. The van der Waals surface area contributed by atoms with Gasteiger partial charge in [-0.2, -0.15) is 0 Å². The molecule has 0 N–H and O–H groups in total. The van der Waals surface area contributed by atoms with Crippen molar-refractivity contribution in [1.82, 2.24) is 24.1 Å². The number of aryl methyl sites for hydroxylation is 1. The predicted octanol–water partition coefficient (Wildman–Crippen LogP) is 5.32. The van der Waals surface area contributed by atoms with Gasteiger partial charge in [-0.15, -0.1) is 10.2 Å². The fourth-order valence-electron chi connectivity index (χ4n) is 4.16. The third-order valence-corrected chi connectivity index (χ3v) is 6.99. The summed E-state index contributed by atoms with van der Waals surface area (Å²) in [5.74, 6) is 1.36. The van der Waals surface area contributed by atoms with Crippen molar-refractivity contribution in [3.63, 3.8) is 0 Å². The zero-order valence-electron chi connectivity index (χ0n) is 17.2. The van der Waals surface area contributed by atoms with Gasteiger partial charge in [0, 0.05) is 29.6 Å². The number of halogens is 1. The minimum atomic E-state index is -0.0710. The van der Waals surface area contributed by atoms with Crippen molar-refractivity contribution < 1.29 is 0 Å². The van der Waals surface area contributed by atoms with Gasteiger partial charge >= 0.3 is 0 Å². The maximum Gasteiger partial charge on any atom is 0.258 e. The average Bonchev–Trinajstić information content (AvgIpc) is 3.43. The summed E-state index contributed by atoms with van der Waals surface area (Å²) < 4.78 is 3.82. The molecule has 1 aromatic carbocycles. The third-order valence-electron chi connectivity index (χ3n) is 5.68. The van der Waals surface area contributed by atoms with E-state index in [9.17, 15) is 4.79 Å². The Balaban J connectivity index is 1.48. The van der Waals surface area contributed by atoms with Crippen LogP contribution in [0.5, 0.6) is 0 Å². The first-order valence-corrected chi connectivity index (χ1v) is 11.8. The minimum absolute atomic E-state index is 0.0710. The van der Waals surface area contributed by atoms with E-state index < -0.39 is 0 Å². The van der Waals surface area contributed by atoms with Crippen LogP contribution in [-0.2, 0) is 5.75 Å². The van der Waals surface area contributed by atoms with Gasteiger partial charge in [-0.1, -0.05) is 54.4 Å². The summed E-state index contributed by atoms with van der Waals surface area (Å²) in [4.78, 5) is 17.2. The summed E-state index contributed by atoms with van der Waals surface area (Å²) in [6, 6.07) is 13.6. The number of nitrogens with zero attached hydrogens (tertiary/aromatic N) is 5. The van der Waals surface area contributed by atoms with Crippen LogP contribution in [0.3, 0.4) is 0 Å². The van der Waals surface area contributed by atoms with Gasteiger partial charge in [0.2, 0.25) is 0 Å². The second-order valence-electron chi connectivity index (χ2n) is 7.90. The lowest BCUT2D eigenvalue weighted by Gasteiger charge is -2.17. The molecule has 1 fully saturated rings. The SMILES string of the molecule is Cc1ccc2nc(CSc3nnc(-c4ccccc4Cl)n3C3CCCC3)cc(=O)n2c1. The van der Waals surface area contributed by atoms with Crippen molar-refractivity contribution in [2.45, 2.75) is 49.6 Å². The monoisotopic (exact) mass is 451 g/mol. The fraction of sp³-hybridized carbons (Fsp3) is 0.304. The summed E-state index contributed by atoms with van der Waals surface area (Å²) in [7, 11) is 0. The molecule has 0 amide bonds. The molecule has 4 aromatic rings. The summed E-state index contributed by atoms with van der Waals surface area (Å²) in [6.45, 7) is 1.96. The Morgan fingerprint density at radius 2 is 1.94 bits per heavy atom. The normalized spacial score (nSPS) is 14.5. The number of hydrogen-bond donors (Lipinski definition) is 0. The van der Waals surface area contributed by atoms with Crippen molar-refractivity contribution in [3.8, 4) is 11.4 Å². The number of aromatic nitrogens is 5. The molecular weight excluding hydrogens is 430 g/mol. The molecule has 5 rings (SSSR count). The van der Waals surface area contributed by atoms with Crippen molar-refractivity contribution in [3.05, 3.63) is 75.3 Å². The standard InChI is InChI=1S/C23H22ClN5OS/c1-15-10-11-20-25-16(12-21(30)28(20)13-15)14-31-23-27-26-22(18-8-4-5-9-19(18)24)29(23)17-6-2-3-7-17/h4-5,8-13,17H,2-3,6-7,14H2,1H3. The van der Waals surface area contributed by atoms with Gasteiger partial charge in [0.1, 0.15) is 5.65 Å².